The van der Waals surface area contributed by atoms with Gasteiger partial charge < -0.3 is 9.64 Å². The fourth-order valence-corrected chi connectivity index (χ4v) is 2.48. The molecule has 0 atom stereocenters. The predicted octanol–water partition coefficient (Wildman–Crippen LogP) is 3.03. The number of pyridine rings is 1. The molecule has 0 N–H and O–H groups in total. The minimum Gasteiger partial charge on any atom is -0.378 e. The molecule has 1 aromatic heterocycles. The summed E-state index contributed by atoms with van der Waals surface area (Å²) in [4.78, 5) is 6.97. The lowest BCUT2D eigenvalue weighted by atomic mass is 10.1. The normalized spacial score (nSPS) is 16.2. The number of halogens is 1. The summed E-state index contributed by atoms with van der Waals surface area (Å²) in [5, 5.41) is 1.89. The lowest BCUT2D eigenvalue weighted by Gasteiger charge is -2.28. The Kier molecular flexibility index (Phi) is 3.10. The van der Waals surface area contributed by atoms with Gasteiger partial charge in [0, 0.05) is 23.5 Å². The van der Waals surface area contributed by atoms with Crippen molar-refractivity contribution in [2.24, 2.45) is 0 Å². The monoisotopic (exact) mass is 262 g/mol. The first-order valence-electron chi connectivity index (χ1n) is 6.13. The van der Waals surface area contributed by atoms with E-state index in [4.69, 9.17) is 21.3 Å². The van der Waals surface area contributed by atoms with Gasteiger partial charge in [0.05, 0.1) is 18.7 Å². The van der Waals surface area contributed by atoms with Crippen molar-refractivity contribution in [2.45, 2.75) is 6.92 Å². The van der Waals surface area contributed by atoms with Crippen molar-refractivity contribution in [3.63, 3.8) is 0 Å². The summed E-state index contributed by atoms with van der Waals surface area (Å²) in [6.45, 7) is 5.46. The lowest BCUT2D eigenvalue weighted by Crippen LogP contribution is -2.36. The summed E-state index contributed by atoms with van der Waals surface area (Å²) in [5.41, 5.74) is 2.20. The first kappa shape index (κ1) is 11.8. The molecule has 0 aliphatic carbocycles. The third-order valence-corrected chi connectivity index (χ3v) is 3.54. The molecule has 3 rings (SSSR count). The highest BCUT2D eigenvalue weighted by Crippen LogP contribution is 2.25. The Morgan fingerprint density at radius 2 is 2.00 bits per heavy atom. The molecule has 0 amide bonds. The number of nitrogens with zero attached hydrogens (tertiary/aromatic N) is 2. The molecule has 3 nitrogen and oxygen atoms in total. The van der Waals surface area contributed by atoms with Crippen LogP contribution in [0.5, 0.6) is 0 Å². The highest BCUT2D eigenvalue weighted by Gasteiger charge is 2.13. The van der Waals surface area contributed by atoms with Crippen molar-refractivity contribution in [1.29, 1.82) is 0 Å². The van der Waals surface area contributed by atoms with E-state index in [1.165, 1.54) is 5.56 Å². The molecule has 4 heteroatoms. The predicted molar refractivity (Wildman–Crippen MR) is 74.5 cm³/mol. The van der Waals surface area contributed by atoms with E-state index in [-0.39, 0.29) is 0 Å². The van der Waals surface area contributed by atoms with Crippen molar-refractivity contribution in [1.82, 2.24) is 4.98 Å². The number of hydrogen-bond donors (Lipinski definition) is 0. The van der Waals surface area contributed by atoms with E-state index < -0.39 is 0 Å². The van der Waals surface area contributed by atoms with Gasteiger partial charge in [-0.15, -0.1) is 0 Å². The zero-order chi connectivity index (χ0) is 12.5. The second kappa shape index (κ2) is 4.75. The fraction of sp³-hybridized carbons (Fsp3) is 0.357. The van der Waals surface area contributed by atoms with Crippen molar-refractivity contribution in [2.75, 3.05) is 31.2 Å². The standard InChI is InChI=1S/C14H15ClN2O/c1-10-8-14(17-4-6-18-7-5-17)16-13-9-11(15)2-3-12(10)13/h2-3,8-9H,4-7H2,1H3. The maximum atomic E-state index is 6.04. The number of aryl methyl sites for hydroxylation is 1. The first-order valence-corrected chi connectivity index (χ1v) is 6.51. The average Bonchev–Trinajstić information content (AvgIpc) is 2.39. The fourth-order valence-electron chi connectivity index (χ4n) is 2.31. The zero-order valence-corrected chi connectivity index (χ0v) is 11.1. The number of anilines is 1. The summed E-state index contributed by atoms with van der Waals surface area (Å²) < 4.78 is 5.37. The van der Waals surface area contributed by atoms with E-state index >= 15 is 0 Å². The topological polar surface area (TPSA) is 25.4 Å². The summed E-state index contributed by atoms with van der Waals surface area (Å²) in [6.07, 6.45) is 0. The van der Waals surface area contributed by atoms with Crippen molar-refractivity contribution in [3.05, 3.63) is 34.9 Å². The molecule has 2 aromatic rings. The molecule has 1 aromatic carbocycles. The molecule has 0 unspecified atom stereocenters. The Hall–Kier alpha value is -1.32. The van der Waals surface area contributed by atoms with Gasteiger partial charge in [0.15, 0.2) is 0 Å². The minimum absolute atomic E-state index is 0.730. The molecule has 94 valence electrons. The highest BCUT2D eigenvalue weighted by atomic mass is 35.5. The number of ether oxygens (including phenoxy) is 1. The van der Waals surface area contributed by atoms with Crippen molar-refractivity contribution >= 4 is 28.3 Å². The van der Waals surface area contributed by atoms with E-state index in [0.29, 0.717) is 0 Å². The molecule has 1 aliphatic rings. The lowest BCUT2D eigenvalue weighted by molar-refractivity contribution is 0.122. The Bertz CT molecular complexity index is 579. The zero-order valence-electron chi connectivity index (χ0n) is 10.3. The van der Waals surface area contributed by atoms with Gasteiger partial charge in [-0.2, -0.15) is 0 Å². The van der Waals surface area contributed by atoms with Crippen LogP contribution in [0.1, 0.15) is 5.56 Å². The minimum atomic E-state index is 0.730. The molecular formula is C14H15ClN2O. The van der Waals surface area contributed by atoms with Crippen LogP contribution in [-0.4, -0.2) is 31.3 Å². The second-order valence-electron chi connectivity index (χ2n) is 4.56. The van der Waals surface area contributed by atoms with Gasteiger partial charge >= 0.3 is 0 Å². The highest BCUT2D eigenvalue weighted by molar-refractivity contribution is 6.31. The molecule has 1 saturated heterocycles. The number of aromatic nitrogens is 1. The summed E-state index contributed by atoms with van der Waals surface area (Å²) >= 11 is 6.04. The van der Waals surface area contributed by atoms with Crippen LogP contribution >= 0.6 is 11.6 Å². The van der Waals surface area contributed by atoms with Gasteiger partial charge in [0.25, 0.3) is 0 Å². The Labute approximate surface area is 111 Å². The number of hydrogen-bond acceptors (Lipinski definition) is 3. The van der Waals surface area contributed by atoms with Gasteiger partial charge in [-0.1, -0.05) is 17.7 Å². The van der Waals surface area contributed by atoms with Crippen LogP contribution in [-0.2, 0) is 4.74 Å². The summed E-state index contributed by atoms with van der Waals surface area (Å²) in [5.74, 6) is 1.02. The largest absolute Gasteiger partial charge is 0.378 e. The molecule has 2 heterocycles. The maximum absolute atomic E-state index is 6.04. The van der Waals surface area contributed by atoms with Crippen LogP contribution in [0.25, 0.3) is 10.9 Å². The smallest absolute Gasteiger partial charge is 0.129 e. The van der Waals surface area contributed by atoms with E-state index in [0.717, 1.165) is 48.0 Å². The first-order chi connectivity index (χ1) is 8.74. The number of benzene rings is 1. The molecule has 0 bridgehead atoms. The quantitative estimate of drug-likeness (QED) is 0.790. The second-order valence-corrected chi connectivity index (χ2v) is 4.99. The van der Waals surface area contributed by atoms with Gasteiger partial charge in [-0.05, 0) is 30.7 Å². The third-order valence-electron chi connectivity index (χ3n) is 3.30. The Balaban J connectivity index is 2.07. The molecule has 1 fully saturated rings. The van der Waals surface area contributed by atoms with Gasteiger partial charge in [0.1, 0.15) is 5.82 Å². The van der Waals surface area contributed by atoms with Crippen molar-refractivity contribution < 1.29 is 4.74 Å². The van der Waals surface area contributed by atoms with E-state index in [1.54, 1.807) is 0 Å². The Morgan fingerprint density at radius 1 is 1.22 bits per heavy atom. The van der Waals surface area contributed by atoms with Crippen molar-refractivity contribution in [3.8, 4) is 0 Å². The molecule has 0 radical (unpaired) electrons. The van der Waals surface area contributed by atoms with E-state index in [2.05, 4.69) is 17.9 Å². The van der Waals surface area contributed by atoms with Crippen LogP contribution in [0.4, 0.5) is 5.82 Å². The van der Waals surface area contributed by atoms with Crippen LogP contribution in [0.3, 0.4) is 0 Å². The molecule has 18 heavy (non-hydrogen) atoms. The molecule has 0 spiro atoms. The SMILES string of the molecule is Cc1cc(N2CCOCC2)nc2cc(Cl)ccc12. The number of morpholine rings is 1. The van der Waals surface area contributed by atoms with E-state index in [9.17, 15) is 0 Å². The number of fused-ring (bicyclic) bond motifs is 1. The van der Waals surface area contributed by atoms with Crippen LogP contribution in [0.15, 0.2) is 24.3 Å². The Morgan fingerprint density at radius 3 is 2.78 bits per heavy atom. The van der Waals surface area contributed by atoms with Crippen LogP contribution < -0.4 is 4.90 Å². The molecular weight excluding hydrogens is 248 g/mol. The molecule has 1 aliphatic heterocycles. The van der Waals surface area contributed by atoms with Gasteiger partial charge in [0.2, 0.25) is 0 Å². The van der Waals surface area contributed by atoms with Crippen LogP contribution in [0.2, 0.25) is 5.02 Å². The molecule has 0 saturated carbocycles. The van der Waals surface area contributed by atoms with E-state index in [1.807, 2.05) is 18.2 Å². The maximum Gasteiger partial charge on any atom is 0.129 e. The summed E-state index contributed by atoms with van der Waals surface area (Å²) in [6, 6.07) is 8.01. The third kappa shape index (κ3) is 2.16. The average molecular weight is 263 g/mol. The van der Waals surface area contributed by atoms with Gasteiger partial charge in [-0.25, -0.2) is 4.98 Å². The number of rotatable bonds is 1. The van der Waals surface area contributed by atoms with Crippen LogP contribution in [0, 0.1) is 6.92 Å². The van der Waals surface area contributed by atoms with Gasteiger partial charge in [-0.3, -0.25) is 0 Å². The summed E-state index contributed by atoms with van der Waals surface area (Å²) in [7, 11) is 0.